The molecule has 1 saturated carbocycles. The summed E-state index contributed by atoms with van der Waals surface area (Å²) in [5.74, 6) is 0.346. The number of hydrogen-bond donors (Lipinski definition) is 3. The summed E-state index contributed by atoms with van der Waals surface area (Å²) in [6, 6.07) is 5.85. The van der Waals surface area contributed by atoms with E-state index >= 15 is 0 Å². The van der Waals surface area contributed by atoms with E-state index in [0.29, 0.717) is 16.3 Å². The maximum Gasteiger partial charge on any atom is 0.406 e. The van der Waals surface area contributed by atoms with Gasteiger partial charge in [0.2, 0.25) is 0 Å². The van der Waals surface area contributed by atoms with E-state index < -0.39 is 24.3 Å². The number of benzene rings is 1. The lowest BCUT2D eigenvalue weighted by Gasteiger charge is -2.07. The summed E-state index contributed by atoms with van der Waals surface area (Å²) in [5, 5.41) is 9.71. The van der Waals surface area contributed by atoms with Gasteiger partial charge in [0.25, 0.3) is 5.91 Å². The number of hydrogen-bond acceptors (Lipinski definition) is 3. The number of aromatic amines is 2. The molecule has 0 unspecified atom stereocenters. The third-order valence-electron chi connectivity index (χ3n) is 5.01. The fraction of sp³-hybridized carbons (Fsp3) is 0.389. The Kier molecular flexibility index (Phi) is 4.48. The number of imidazole rings is 1. The second-order valence-corrected chi connectivity index (χ2v) is 7.01. The van der Waals surface area contributed by atoms with E-state index in [-0.39, 0.29) is 16.6 Å². The van der Waals surface area contributed by atoms with Crippen LogP contribution in [0.3, 0.4) is 0 Å². The molecule has 0 atom stereocenters. The van der Waals surface area contributed by atoms with Crippen molar-refractivity contribution in [1.82, 2.24) is 19.7 Å². The van der Waals surface area contributed by atoms with Crippen LogP contribution < -0.4 is 11.0 Å². The minimum Gasteiger partial charge on any atom is -0.306 e. The van der Waals surface area contributed by atoms with Crippen LogP contribution >= 0.6 is 0 Å². The first kappa shape index (κ1) is 18.3. The highest BCUT2D eigenvalue weighted by molar-refractivity contribution is 6.05. The molecule has 1 aliphatic carbocycles. The summed E-state index contributed by atoms with van der Waals surface area (Å²) in [7, 11) is 0. The Hall–Kier alpha value is -3.04. The number of amides is 1. The maximum atomic E-state index is 12.6. The maximum absolute atomic E-state index is 12.6. The molecular weight excluding hydrogens is 375 g/mol. The highest BCUT2D eigenvalue weighted by atomic mass is 19.4. The molecule has 1 amide bonds. The molecule has 148 valence electrons. The van der Waals surface area contributed by atoms with E-state index in [0.717, 1.165) is 18.5 Å². The van der Waals surface area contributed by atoms with Gasteiger partial charge in [-0.25, -0.2) is 4.79 Å². The summed E-state index contributed by atoms with van der Waals surface area (Å²) in [6.45, 7) is -1.39. The molecule has 1 aromatic carbocycles. The van der Waals surface area contributed by atoms with E-state index in [2.05, 4.69) is 20.5 Å². The average Bonchev–Trinajstić information content (AvgIpc) is 3.34. The Bertz CT molecular complexity index is 1070. The highest BCUT2D eigenvalue weighted by Gasteiger charge is 2.30. The van der Waals surface area contributed by atoms with Gasteiger partial charge in [0.15, 0.2) is 5.82 Å². The second-order valence-electron chi connectivity index (χ2n) is 7.01. The zero-order chi connectivity index (χ0) is 19.9. The van der Waals surface area contributed by atoms with Gasteiger partial charge in [-0.2, -0.15) is 18.3 Å². The lowest BCUT2D eigenvalue weighted by atomic mass is 10.0. The first-order valence-electron chi connectivity index (χ1n) is 8.96. The molecule has 1 fully saturated rings. The number of anilines is 1. The molecule has 0 bridgehead atoms. The van der Waals surface area contributed by atoms with Gasteiger partial charge < -0.3 is 10.3 Å². The molecule has 10 heteroatoms. The molecule has 0 aliphatic heterocycles. The van der Waals surface area contributed by atoms with Crippen LogP contribution in [0.2, 0.25) is 0 Å². The molecule has 1 aliphatic rings. The minimum atomic E-state index is -4.52. The van der Waals surface area contributed by atoms with Crippen molar-refractivity contribution in [3.05, 3.63) is 46.0 Å². The first-order valence-corrected chi connectivity index (χ1v) is 8.96. The van der Waals surface area contributed by atoms with Crippen molar-refractivity contribution in [1.29, 1.82) is 0 Å². The Labute approximate surface area is 156 Å². The Morgan fingerprint density at radius 2 is 2.00 bits per heavy atom. The van der Waals surface area contributed by atoms with Gasteiger partial charge in [-0.3, -0.25) is 14.5 Å². The predicted octanol–water partition coefficient (Wildman–Crippen LogP) is 3.52. The number of halogens is 3. The monoisotopic (exact) mass is 393 g/mol. The van der Waals surface area contributed by atoms with E-state index in [4.69, 9.17) is 0 Å². The number of carbonyl (C=O) groups excluding carboxylic acids is 1. The smallest absolute Gasteiger partial charge is 0.306 e. The molecule has 4 rings (SSSR count). The molecule has 2 aromatic heterocycles. The molecule has 0 spiro atoms. The van der Waals surface area contributed by atoms with Gasteiger partial charge in [0.1, 0.15) is 6.54 Å². The predicted molar refractivity (Wildman–Crippen MR) is 96.4 cm³/mol. The van der Waals surface area contributed by atoms with Crippen molar-refractivity contribution in [3.8, 4) is 0 Å². The number of alkyl halides is 3. The minimum absolute atomic E-state index is 0.0853. The topological polar surface area (TPSA) is 95.6 Å². The fourth-order valence-electron chi connectivity index (χ4n) is 3.68. The van der Waals surface area contributed by atoms with Crippen LogP contribution in [-0.4, -0.2) is 31.8 Å². The van der Waals surface area contributed by atoms with E-state index in [1.54, 1.807) is 6.07 Å². The number of rotatable bonds is 4. The number of H-pyrrole nitrogens is 2. The number of carbonyl (C=O) groups is 1. The summed E-state index contributed by atoms with van der Waals surface area (Å²) >= 11 is 0. The van der Waals surface area contributed by atoms with Gasteiger partial charge in [-0.1, -0.05) is 12.8 Å². The number of nitrogens with one attached hydrogen (secondary N) is 3. The number of fused-ring (bicyclic) bond motifs is 1. The lowest BCUT2D eigenvalue weighted by Crippen LogP contribution is -2.26. The van der Waals surface area contributed by atoms with Gasteiger partial charge in [-0.15, -0.1) is 0 Å². The zero-order valence-corrected chi connectivity index (χ0v) is 14.8. The van der Waals surface area contributed by atoms with Gasteiger partial charge >= 0.3 is 11.9 Å². The lowest BCUT2D eigenvalue weighted by molar-refractivity contribution is -0.140. The van der Waals surface area contributed by atoms with E-state index in [1.165, 1.54) is 31.0 Å². The summed E-state index contributed by atoms with van der Waals surface area (Å²) in [4.78, 5) is 26.6. The molecule has 28 heavy (non-hydrogen) atoms. The Morgan fingerprint density at radius 3 is 2.71 bits per heavy atom. The Morgan fingerprint density at radius 1 is 1.25 bits per heavy atom. The molecular formula is C18H18F3N5O2. The van der Waals surface area contributed by atoms with E-state index in [9.17, 15) is 22.8 Å². The summed E-state index contributed by atoms with van der Waals surface area (Å²) in [5.41, 5.74) is 0.561. The van der Waals surface area contributed by atoms with Crippen molar-refractivity contribution in [2.24, 2.45) is 0 Å². The van der Waals surface area contributed by atoms with Crippen LogP contribution in [-0.2, 0) is 6.54 Å². The van der Waals surface area contributed by atoms with Gasteiger partial charge in [-0.05, 0) is 31.0 Å². The van der Waals surface area contributed by atoms with Crippen LogP contribution in [0.15, 0.2) is 29.1 Å². The van der Waals surface area contributed by atoms with Crippen LogP contribution in [0.4, 0.5) is 19.0 Å². The fourth-order valence-corrected chi connectivity index (χ4v) is 3.68. The van der Waals surface area contributed by atoms with Crippen molar-refractivity contribution in [2.75, 3.05) is 5.32 Å². The molecule has 7 nitrogen and oxygen atoms in total. The van der Waals surface area contributed by atoms with Crippen molar-refractivity contribution >= 4 is 22.8 Å². The van der Waals surface area contributed by atoms with Crippen LogP contribution in [0.5, 0.6) is 0 Å². The zero-order valence-electron chi connectivity index (χ0n) is 14.8. The van der Waals surface area contributed by atoms with Gasteiger partial charge in [0, 0.05) is 23.2 Å². The SMILES string of the molecule is O=C(Nc1cc(C2CCCC2)[nH]n1)c1ccc2c(c1)[nH]c(=O)n2CC(F)(F)F. The quantitative estimate of drug-likeness (QED) is 0.633. The first-order chi connectivity index (χ1) is 13.3. The largest absolute Gasteiger partial charge is 0.406 e. The van der Waals surface area contributed by atoms with Crippen LogP contribution in [0.1, 0.15) is 47.7 Å². The van der Waals surface area contributed by atoms with Crippen molar-refractivity contribution < 1.29 is 18.0 Å². The number of nitrogens with zero attached hydrogens (tertiary/aromatic N) is 2. The van der Waals surface area contributed by atoms with Crippen LogP contribution in [0, 0.1) is 0 Å². The highest BCUT2D eigenvalue weighted by Crippen LogP contribution is 2.33. The summed E-state index contributed by atoms with van der Waals surface area (Å²) < 4.78 is 38.5. The summed E-state index contributed by atoms with van der Waals surface area (Å²) in [6.07, 6.45) is 0.0180. The average molecular weight is 393 g/mol. The van der Waals surface area contributed by atoms with Crippen molar-refractivity contribution in [3.63, 3.8) is 0 Å². The molecule has 3 N–H and O–H groups in total. The molecule has 0 radical (unpaired) electrons. The van der Waals surface area contributed by atoms with Gasteiger partial charge in [0.05, 0.1) is 11.0 Å². The second kappa shape index (κ2) is 6.84. The van der Waals surface area contributed by atoms with Crippen LogP contribution in [0.25, 0.3) is 11.0 Å². The normalized spacial score (nSPS) is 15.4. The molecule has 3 aromatic rings. The van der Waals surface area contributed by atoms with Crippen molar-refractivity contribution in [2.45, 2.75) is 44.3 Å². The molecule has 0 saturated heterocycles. The number of aromatic nitrogens is 4. The molecule has 2 heterocycles. The third kappa shape index (κ3) is 3.67. The third-order valence-corrected chi connectivity index (χ3v) is 5.01. The van der Waals surface area contributed by atoms with E-state index in [1.807, 2.05) is 0 Å². The Balaban J connectivity index is 1.54. The standard InChI is InChI=1S/C18H18F3N5O2/c19-18(20,21)9-26-14-6-5-11(7-13(14)22-17(26)28)16(27)23-15-8-12(24-25-15)10-3-1-2-4-10/h5-8,10H,1-4,9H2,(H,22,28)(H2,23,24,25,27).